The second-order valence-corrected chi connectivity index (χ2v) is 6.85. The quantitative estimate of drug-likeness (QED) is 0.594. The number of rotatable bonds is 7. The third-order valence-electron chi connectivity index (χ3n) is 4.09. The molecule has 0 unspecified atom stereocenters. The maximum Gasteiger partial charge on any atom is 0.359 e. The molecule has 0 bridgehead atoms. The van der Waals surface area contributed by atoms with E-state index in [2.05, 4.69) is 10.4 Å². The molecular formula is C20H21N3O5S. The fourth-order valence-corrected chi connectivity index (χ4v) is 3.69. The number of hydrogen-bond acceptors (Lipinski definition) is 7. The second kappa shape index (κ2) is 8.87. The van der Waals surface area contributed by atoms with Gasteiger partial charge in [-0.25, -0.2) is 4.79 Å². The molecule has 152 valence electrons. The predicted octanol–water partition coefficient (Wildman–Crippen LogP) is 3.37. The number of nitrogens with one attached hydrogen (secondary N) is 1. The summed E-state index contributed by atoms with van der Waals surface area (Å²) in [7, 11) is 0. The van der Waals surface area contributed by atoms with Gasteiger partial charge in [0.2, 0.25) is 5.91 Å². The molecule has 2 heterocycles. The Morgan fingerprint density at radius 2 is 1.86 bits per heavy atom. The summed E-state index contributed by atoms with van der Waals surface area (Å²) in [6.45, 7) is 5.98. The van der Waals surface area contributed by atoms with E-state index in [-0.39, 0.29) is 30.0 Å². The van der Waals surface area contributed by atoms with E-state index in [0.717, 1.165) is 4.68 Å². The van der Waals surface area contributed by atoms with Crippen LogP contribution in [0.1, 0.15) is 37.7 Å². The summed E-state index contributed by atoms with van der Waals surface area (Å²) in [4.78, 5) is 37.5. The highest BCUT2D eigenvalue weighted by Crippen LogP contribution is 2.30. The molecule has 0 radical (unpaired) electrons. The summed E-state index contributed by atoms with van der Waals surface area (Å²) in [5.41, 5.74) is 0.0401. The monoisotopic (exact) mass is 415 g/mol. The first-order valence-electron chi connectivity index (χ1n) is 9.24. The number of aromatic nitrogens is 2. The lowest BCUT2D eigenvalue weighted by molar-refractivity contribution is -0.115. The van der Waals surface area contributed by atoms with Crippen LogP contribution in [0.4, 0.5) is 5.00 Å². The predicted molar refractivity (Wildman–Crippen MR) is 111 cm³/mol. The van der Waals surface area contributed by atoms with Gasteiger partial charge >= 0.3 is 5.97 Å². The number of ether oxygens (including phenoxy) is 2. The maximum absolute atomic E-state index is 13.2. The molecule has 8 nitrogen and oxygen atoms in total. The van der Waals surface area contributed by atoms with Gasteiger partial charge in [-0.2, -0.15) is 9.78 Å². The summed E-state index contributed by atoms with van der Waals surface area (Å²) in [6.07, 6.45) is 0.266. The van der Waals surface area contributed by atoms with Crippen molar-refractivity contribution in [2.24, 2.45) is 0 Å². The number of amides is 1. The van der Waals surface area contributed by atoms with Crippen LogP contribution in [-0.4, -0.2) is 34.9 Å². The Morgan fingerprint density at radius 1 is 1.14 bits per heavy atom. The van der Waals surface area contributed by atoms with E-state index in [1.54, 1.807) is 43.5 Å². The summed E-state index contributed by atoms with van der Waals surface area (Å²) >= 11 is 1.17. The SMILES string of the molecule is CCOC(=O)c1nn(-c2ccc(OCC)cc2)c(=O)c2c(NC(=O)CC)scc12. The van der Waals surface area contributed by atoms with Gasteiger partial charge in [0.1, 0.15) is 10.8 Å². The Kier molecular flexibility index (Phi) is 6.28. The normalized spacial score (nSPS) is 10.7. The first-order chi connectivity index (χ1) is 14.0. The molecule has 0 fully saturated rings. The van der Waals surface area contributed by atoms with Crippen molar-refractivity contribution >= 4 is 39.0 Å². The van der Waals surface area contributed by atoms with Crippen LogP contribution in [0.5, 0.6) is 5.75 Å². The topological polar surface area (TPSA) is 99.5 Å². The van der Waals surface area contributed by atoms with E-state index < -0.39 is 11.5 Å². The Labute approximate surface area is 171 Å². The maximum atomic E-state index is 13.2. The van der Waals surface area contributed by atoms with Gasteiger partial charge in [0, 0.05) is 17.2 Å². The highest BCUT2D eigenvalue weighted by Gasteiger charge is 2.23. The van der Waals surface area contributed by atoms with Gasteiger partial charge in [-0.05, 0) is 38.1 Å². The molecule has 1 amide bonds. The zero-order valence-electron chi connectivity index (χ0n) is 16.4. The number of carbonyl (C=O) groups excluding carboxylic acids is 2. The number of carbonyl (C=O) groups is 2. The fourth-order valence-electron chi connectivity index (χ4n) is 2.73. The van der Waals surface area contributed by atoms with Crippen LogP contribution < -0.4 is 15.6 Å². The smallest absolute Gasteiger partial charge is 0.359 e. The first-order valence-corrected chi connectivity index (χ1v) is 10.1. The molecule has 1 N–H and O–H groups in total. The van der Waals surface area contributed by atoms with E-state index in [9.17, 15) is 14.4 Å². The molecule has 0 spiro atoms. The Bertz CT molecular complexity index is 1100. The van der Waals surface area contributed by atoms with E-state index >= 15 is 0 Å². The van der Waals surface area contributed by atoms with Crippen molar-refractivity contribution in [1.82, 2.24) is 9.78 Å². The molecule has 0 aliphatic carbocycles. The number of anilines is 1. The highest BCUT2D eigenvalue weighted by atomic mass is 32.1. The van der Waals surface area contributed by atoms with E-state index in [0.29, 0.717) is 28.4 Å². The van der Waals surface area contributed by atoms with Crippen molar-refractivity contribution in [3.05, 3.63) is 45.7 Å². The molecule has 0 aliphatic heterocycles. The van der Waals surface area contributed by atoms with Crippen LogP contribution in [0.2, 0.25) is 0 Å². The second-order valence-electron chi connectivity index (χ2n) is 5.97. The van der Waals surface area contributed by atoms with Crippen LogP contribution in [0.15, 0.2) is 34.4 Å². The van der Waals surface area contributed by atoms with Gasteiger partial charge in [0.15, 0.2) is 5.69 Å². The average molecular weight is 415 g/mol. The van der Waals surface area contributed by atoms with E-state index in [4.69, 9.17) is 9.47 Å². The number of fused-ring (bicyclic) bond motifs is 1. The van der Waals surface area contributed by atoms with Crippen molar-refractivity contribution in [1.29, 1.82) is 0 Å². The highest BCUT2D eigenvalue weighted by molar-refractivity contribution is 7.16. The fraction of sp³-hybridized carbons (Fsp3) is 0.300. The minimum absolute atomic E-state index is 0.0172. The molecule has 0 saturated carbocycles. The average Bonchev–Trinajstić information content (AvgIpc) is 3.13. The first kappa shape index (κ1) is 20.5. The molecule has 9 heteroatoms. The molecule has 2 aromatic heterocycles. The van der Waals surface area contributed by atoms with Crippen LogP contribution in [0.25, 0.3) is 16.5 Å². The minimum Gasteiger partial charge on any atom is -0.494 e. The summed E-state index contributed by atoms with van der Waals surface area (Å²) in [5.74, 6) is -0.207. The standard InChI is InChI=1S/C20H21N3O5S/c1-4-15(24)21-18-16-14(11-29-18)17(20(26)28-6-3)22-23(19(16)25)12-7-9-13(10-8-12)27-5-2/h7-11H,4-6H2,1-3H3,(H,21,24). The van der Waals surface area contributed by atoms with Gasteiger partial charge in [-0.3, -0.25) is 9.59 Å². The number of benzene rings is 1. The van der Waals surface area contributed by atoms with Gasteiger partial charge in [-0.1, -0.05) is 6.92 Å². The zero-order chi connectivity index (χ0) is 21.0. The van der Waals surface area contributed by atoms with E-state index in [1.165, 1.54) is 11.3 Å². The Balaban J connectivity index is 2.22. The third kappa shape index (κ3) is 4.14. The molecule has 1 aromatic carbocycles. The van der Waals surface area contributed by atoms with Crippen LogP contribution in [0.3, 0.4) is 0 Å². The third-order valence-corrected chi connectivity index (χ3v) is 4.98. The van der Waals surface area contributed by atoms with Crippen molar-refractivity contribution in [2.75, 3.05) is 18.5 Å². The lowest BCUT2D eigenvalue weighted by Crippen LogP contribution is -2.25. The van der Waals surface area contributed by atoms with Crippen molar-refractivity contribution in [2.45, 2.75) is 27.2 Å². The molecular weight excluding hydrogens is 394 g/mol. The molecule has 3 rings (SSSR count). The molecule has 0 aliphatic rings. The number of thiophene rings is 1. The molecule has 0 atom stereocenters. The van der Waals surface area contributed by atoms with Crippen LogP contribution in [-0.2, 0) is 9.53 Å². The van der Waals surface area contributed by atoms with Gasteiger partial charge in [0.25, 0.3) is 5.56 Å². The summed E-state index contributed by atoms with van der Waals surface area (Å²) in [5, 5.41) is 9.57. The summed E-state index contributed by atoms with van der Waals surface area (Å²) < 4.78 is 11.7. The van der Waals surface area contributed by atoms with Crippen molar-refractivity contribution in [3.63, 3.8) is 0 Å². The van der Waals surface area contributed by atoms with Gasteiger partial charge < -0.3 is 14.8 Å². The zero-order valence-corrected chi connectivity index (χ0v) is 17.2. The van der Waals surface area contributed by atoms with Gasteiger partial charge in [0.05, 0.1) is 24.3 Å². The van der Waals surface area contributed by atoms with Crippen molar-refractivity contribution < 1.29 is 19.1 Å². The molecule has 0 saturated heterocycles. The number of nitrogens with zero attached hydrogens (tertiary/aromatic N) is 2. The molecule has 3 aromatic rings. The minimum atomic E-state index is -0.636. The number of hydrogen-bond donors (Lipinski definition) is 1. The van der Waals surface area contributed by atoms with Crippen LogP contribution >= 0.6 is 11.3 Å². The largest absolute Gasteiger partial charge is 0.494 e. The molecule has 29 heavy (non-hydrogen) atoms. The number of esters is 1. The Morgan fingerprint density at radius 3 is 2.48 bits per heavy atom. The summed E-state index contributed by atoms with van der Waals surface area (Å²) in [6, 6.07) is 6.79. The Hall–Kier alpha value is -3.20. The lowest BCUT2D eigenvalue weighted by atomic mass is 10.2. The van der Waals surface area contributed by atoms with Crippen molar-refractivity contribution in [3.8, 4) is 11.4 Å². The van der Waals surface area contributed by atoms with Crippen LogP contribution in [0, 0.1) is 0 Å². The lowest BCUT2D eigenvalue weighted by Gasteiger charge is -2.10. The van der Waals surface area contributed by atoms with E-state index in [1.807, 2.05) is 6.92 Å². The van der Waals surface area contributed by atoms with Gasteiger partial charge in [-0.15, -0.1) is 11.3 Å².